The number of nitrogens with one attached hydrogen (secondary N) is 1. The van der Waals surface area contributed by atoms with Crippen LogP contribution in [0.2, 0.25) is 0 Å². The third-order valence-corrected chi connectivity index (χ3v) is 3.31. The summed E-state index contributed by atoms with van der Waals surface area (Å²) in [5, 5.41) is 21.9. The van der Waals surface area contributed by atoms with Crippen molar-refractivity contribution in [3.63, 3.8) is 0 Å². The van der Waals surface area contributed by atoms with Gasteiger partial charge in [0.2, 0.25) is 5.91 Å². The van der Waals surface area contributed by atoms with Crippen LogP contribution in [0.5, 0.6) is 0 Å². The maximum atomic E-state index is 12.0. The minimum atomic E-state index is -1.14. The number of aliphatic carboxylic acids is 1. The molecule has 2 N–H and O–H groups in total. The second kappa shape index (κ2) is 8.04. The van der Waals surface area contributed by atoms with Gasteiger partial charge < -0.3 is 15.3 Å². The van der Waals surface area contributed by atoms with Gasteiger partial charge in [0.05, 0.1) is 11.5 Å². The van der Waals surface area contributed by atoms with Gasteiger partial charge in [-0.25, -0.2) is 0 Å². The number of carbonyl (C=O) groups is 3. The van der Waals surface area contributed by atoms with Gasteiger partial charge in [0.25, 0.3) is 11.6 Å². The van der Waals surface area contributed by atoms with Crippen LogP contribution in [0, 0.1) is 17.0 Å². The van der Waals surface area contributed by atoms with Crippen LogP contribution in [0.15, 0.2) is 18.2 Å². The van der Waals surface area contributed by atoms with Crippen LogP contribution in [-0.4, -0.2) is 51.8 Å². The van der Waals surface area contributed by atoms with Crippen molar-refractivity contribution in [1.82, 2.24) is 10.2 Å². The number of hydrogen-bond donors (Lipinski definition) is 2. The smallest absolute Gasteiger partial charge is 0.323 e. The van der Waals surface area contributed by atoms with Gasteiger partial charge in [0.1, 0.15) is 6.54 Å². The SMILES string of the molecule is Cc1cc(C(=O)NCC(=O)N(CC(=O)O)C(C)C)ccc1[N+](=O)[O-]. The second-order valence-corrected chi connectivity index (χ2v) is 5.45. The minimum Gasteiger partial charge on any atom is -0.480 e. The highest BCUT2D eigenvalue weighted by Crippen LogP contribution is 2.18. The van der Waals surface area contributed by atoms with E-state index in [9.17, 15) is 24.5 Å². The predicted molar refractivity (Wildman–Crippen MR) is 84.7 cm³/mol. The molecule has 0 saturated carbocycles. The van der Waals surface area contributed by atoms with E-state index in [1.807, 2.05) is 0 Å². The van der Waals surface area contributed by atoms with E-state index in [-0.39, 0.29) is 23.8 Å². The summed E-state index contributed by atoms with van der Waals surface area (Å²) in [5.74, 6) is -2.24. The highest BCUT2D eigenvalue weighted by Gasteiger charge is 2.21. The summed E-state index contributed by atoms with van der Waals surface area (Å²) in [5.41, 5.74) is 0.406. The Labute approximate surface area is 138 Å². The number of nitro groups is 1. The van der Waals surface area contributed by atoms with Gasteiger partial charge in [-0.2, -0.15) is 0 Å². The molecular weight excluding hydrogens is 318 g/mol. The second-order valence-electron chi connectivity index (χ2n) is 5.45. The maximum absolute atomic E-state index is 12.0. The molecule has 0 aromatic heterocycles. The molecule has 1 rings (SSSR count). The lowest BCUT2D eigenvalue weighted by Gasteiger charge is -2.24. The predicted octanol–water partition coefficient (Wildman–Crippen LogP) is 0.955. The topological polar surface area (TPSA) is 130 Å². The Morgan fingerprint density at radius 2 is 1.96 bits per heavy atom. The van der Waals surface area contributed by atoms with Crippen molar-refractivity contribution in [2.75, 3.05) is 13.1 Å². The molecule has 0 aliphatic rings. The number of amides is 2. The molecule has 0 saturated heterocycles. The molecule has 0 heterocycles. The Balaban J connectivity index is 2.74. The van der Waals surface area contributed by atoms with Crippen molar-refractivity contribution in [2.45, 2.75) is 26.8 Å². The van der Waals surface area contributed by atoms with Gasteiger partial charge in [0, 0.05) is 23.2 Å². The van der Waals surface area contributed by atoms with E-state index in [1.54, 1.807) is 13.8 Å². The van der Waals surface area contributed by atoms with Gasteiger partial charge in [-0.1, -0.05) is 0 Å². The van der Waals surface area contributed by atoms with Crippen molar-refractivity contribution in [2.24, 2.45) is 0 Å². The van der Waals surface area contributed by atoms with Crippen LogP contribution in [0.4, 0.5) is 5.69 Å². The first-order valence-electron chi connectivity index (χ1n) is 7.18. The van der Waals surface area contributed by atoms with Crippen LogP contribution in [-0.2, 0) is 9.59 Å². The van der Waals surface area contributed by atoms with Crippen molar-refractivity contribution in [3.05, 3.63) is 39.4 Å². The molecule has 9 heteroatoms. The fraction of sp³-hybridized carbons (Fsp3) is 0.400. The zero-order valence-corrected chi connectivity index (χ0v) is 13.6. The molecule has 0 radical (unpaired) electrons. The number of hydrogen-bond acceptors (Lipinski definition) is 5. The Bertz CT molecular complexity index is 671. The molecule has 1 aromatic carbocycles. The fourth-order valence-corrected chi connectivity index (χ4v) is 2.07. The minimum absolute atomic E-state index is 0.102. The number of carboxylic acids is 1. The van der Waals surface area contributed by atoms with Crippen molar-refractivity contribution >= 4 is 23.5 Å². The van der Waals surface area contributed by atoms with E-state index in [2.05, 4.69) is 5.32 Å². The van der Waals surface area contributed by atoms with E-state index in [1.165, 1.54) is 25.1 Å². The van der Waals surface area contributed by atoms with Crippen molar-refractivity contribution in [1.29, 1.82) is 0 Å². The lowest BCUT2D eigenvalue weighted by Crippen LogP contribution is -2.45. The molecule has 0 spiro atoms. The Morgan fingerprint density at radius 1 is 1.33 bits per heavy atom. The van der Waals surface area contributed by atoms with E-state index >= 15 is 0 Å². The molecular formula is C15H19N3O6. The summed E-state index contributed by atoms with van der Waals surface area (Å²) in [4.78, 5) is 46.2. The molecule has 0 aliphatic carbocycles. The summed E-state index contributed by atoms with van der Waals surface area (Å²) < 4.78 is 0. The summed E-state index contributed by atoms with van der Waals surface area (Å²) in [6, 6.07) is 3.54. The third kappa shape index (κ3) is 5.04. The van der Waals surface area contributed by atoms with Crippen LogP contribution < -0.4 is 5.32 Å². The monoisotopic (exact) mass is 337 g/mol. The first-order valence-corrected chi connectivity index (χ1v) is 7.18. The first-order chi connectivity index (χ1) is 11.1. The van der Waals surface area contributed by atoms with Crippen LogP contribution in [0.25, 0.3) is 0 Å². The quantitative estimate of drug-likeness (QED) is 0.563. The van der Waals surface area contributed by atoms with Gasteiger partial charge in [-0.05, 0) is 32.9 Å². The molecule has 0 unspecified atom stereocenters. The molecule has 9 nitrogen and oxygen atoms in total. The van der Waals surface area contributed by atoms with E-state index in [0.29, 0.717) is 5.56 Å². The average molecular weight is 337 g/mol. The largest absolute Gasteiger partial charge is 0.480 e. The number of carboxylic acid groups (broad SMARTS) is 1. The lowest BCUT2D eigenvalue weighted by atomic mass is 10.1. The van der Waals surface area contributed by atoms with E-state index in [0.717, 1.165) is 4.90 Å². The first kappa shape index (κ1) is 19.1. The number of benzene rings is 1. The summed E-state index contributed by atoms with van der Waals surface area (Å²) in [6.07, 6.45) is 0. The fourth-order valence-electron chi connectivity index (χ4n) is 2.07. The number of carbonyl (C=O) groups excluding carboxylic acids is 2. The molecule has 0 bridgehead atoms. The van der Waals surface area contributed by atoms with Gasteiger partial charge in [-0.15, -0.1) is 0 Å². The number of nitrogens with zero attached hydrogens (tertiary/aromatic N) is 2. The molecule has 0 aliphatic heterocycles. The summed E-state index contributed by atoms with van der Waals surface area (Å²) in [6.45, 7) is 4.03. The van der Waals surface area contributed by atoms with Crippen molar-refractivity contribution in [3.8, 4) is 0 Å². The third-order valence-electron chi connectivity index (χ3n) is 3.31. The lowest BCUT2D eigenvalue weighted by molar-refractivity contribution is -0.385. The zero-order valence-electron chi connectivity index (χ0n) is 13.6. The molecule has 130 valence electrons. The molecule has 0 fully saturated rings. The zero-order chi connectivity index (χ0) is 18.4. The van der Waals surface area contributed by atoms with E-state index < -0.39 is 29.3 Å². The van der Waals surface area contributed by atoms with E-state index in [4.69, 9.17) is 5.11 Å². The number of nitro benzene ring substituents is 1. The number of aryl methyl sites for hydroxylation is 1. The Kier molecular flexibility index (Phi) is 6.39. The number of rotatable bonds is 7. The van der Waals surface area contributed by atoms with Crippen LogP contribution >= 0.6 is 0 Å². The summed E-state index contributed by atoms with van der Waals surface area (Å²) in [7, 11) is 0. The van der Waals surface area contributed by atoms with Gasteiger partial charge in [-0.3, -0.25) is 24.5 Å². The highest BCUT2D eigenvalue weighted by atomic mass is 16.6. The van der Waals surface area contributed by atoms with Crippen LogP contribution in [0.3, 0.4) is 0 Å². The van der Waals surface area contributed by atoms with Crippen LogP contribution in [0.1, 0.15) is 29.8 Å². The standard InChI is InChI=1S/C15H19N3O6/c1-9(2)17(8-14(20)21)13(19)7-16-15(22)11-4-5-12(18(23)24)10(3)6-11/h4-6,9H,7-8H2,1-3H3,(H,16,22)(H,20,21). The Hall–Kier alpha value is -2.97. The molecule has 24 heavy (non-hydrogen) atoms. The highest BCUT2D eigenvalue weighted by molar-refractivity contribution is 5.97. The molecule has 2 amide bonds. The summed E-state index contributed by atoms with van der Waals surface area (Å²) >= 11 is 0. The molecule has 0 atom stereocenters. The normalized spacial score (nSPS) is 10.3. The van der Waals surface area contributed by atoms with Crippen molar-refractivity contribution < 1.29 is 24.4 Å². The molecule has 1 aromatic rings. The Morgan fingerprint density at radius 3 is 2.42 bits per heavy atom. The van der Waals surface area contributed by atoms with Gasteiger partial charge >= 0.3 is 5.97 Å². The maximum Gasteiger partial charge on any atom is 0.323 e. The van der Waals surface area contributed by atoms with Gasteiger partial charge in [0.15, 0.2) is 0 Å². The average Bonchev–Trinajstić information content (AvgIpc) is 2.48.